The fraction of sp³-hybridized carbons (Fsp3) is 0.923. The van der Waals surface area contributed by atoms with Gasteiger partial charge < -0.3 is 20.9 Å². The van der Waals surface area contributed by atoms with E-state index >= 15 is 0 Å². The second-order valence-electron chi connectivity index (χ2n) is 4.99. The third-order valence-electron chi connectivity index (χ3n) is 3.70. The van der Waals surface area contributed by atoms with Crippen molar-refractivity contribution < 1.29 is 14.6 Å². The van der Waals surface area contributed by atoms with Crippen molar-refractivity contribution in [2.45, 2.75) is 38.5 Å². The molecule has 0 saturated heterocycles. The molecule has 0 bridgehead atoms. The predicted molar refractivity (Wildman–Crippen MR) is 70.1 cm³/mol. The minimum atomic E-state index is -0.368. The Morgan fingerprint density at radius 1 is 1.22 bits per heavy atom. The smallest absolute Gasteiger partial charge is 0.227 e. The Morgan fingerprint density at radius 2 is 1.89 bits per heavy atom. The quantitative estimate of drug-likeness (QED) is 0.456. The van der Waals surface area contributed by atoms with Gasteiger partial charge in [-0.15, -0.1) is 0 Å². The average Bonchev–Trinajstić information content (AvgIpc) is 2.64. The van der Waals surface area contributed by atoms with E-state index in [9.17, 15) is 4.79 Å². The monoisotopic (exact) mass is 258 g/mol. The number of amides is 1. The van der Waals surface area contributed by atoms with E-state index in [0.29, 0.717) is 26.3 Å². The van der Waals surface area contributed by atoms with Crippen LogP contribution in [0.3, 0.4) is 0 Å². The standard InChI is InChI=1S/C13H26N2O3/c14-11-13(5-3-1-2-4-6-13)12(17)15-7-9-18-10-8-16/h16H,1-11,14H2,(H,15,17). The Balaban J connectivity index is 2.35. The maximum Gasteiger partial charge on any atom is 0.227 e. The second-order valence-corrected chi connectivity index (χ2v) is 4.99. The Bertz CT molecular complexity index is 238. The molecule has 0 spiro atoms. The van der Waals surface area contributed by atoms with Gasteiger partial charge in [-0.1, -0.05) is 25.7 Å². The number of ether oxygens (including phenoxy) is 1. The van der Waals surface area contributed by atoms with E-state index in [2.05, 4.69) is 5.32 Å². The van der Waals surface area contributed by atoms with Crippen molar-refractivity contribution in [1.82, 2.24) is 5.32 Å². The second kappa shape index (κ2) is 8.45. The zero-order valence-corrected chi connectivity index (χ0v) is 11.1. The summed E-state index contributed by atoms with van der Waals surface area (Å²) in [5, 5.41) is 11.5. The van der Waals surface area contributed by atoms with Crippen molar-refractivity contribution in [2.24, 2.45) is 11.1 Å². The number of hydrogen-bond donors (Lipinski definition) is 3. The number of carbonyl (C=O) groups is 1. The molecule has 5 nitrogen and oxygen atoms in total. The Labute approximate surface area is 109 Å². The molecule has 1 saturated carbocycles. The molecule has 0 radical (unpaired) electrons. The Morgan fingerprint density at radius 3 is 2.44 bits per heavy atom. The van der Waals surface area contributed by atoms with Crippen LogP contribution in [0.15, 0.2) is 0 Å². The van der Waals surface area contributed by atoms with Crippen LogP contribution in [0.5, 0.6) is 0 Å². The molecular weight excluding hydrogens is 232 g/mol. The molecule has 0 atom stereocenters. The number of carbonyl (C=O) groups excluding carboxylic acids is 1. The summed E-state index contributed by atoms with van der Waals surface area (Å²) in [7, 11) is 0. The molecule has 0 aliphatic heterocycles. The van der Waals surface area contributed by atoms with Gasteiger partial charge in [-0.25, -0.2) is 0 Å². The van der Waals surface area contributed by atoms with Crippen LogP contribution in [-0.4, -0.2) is 43.9 Å². The molecule has 1 aliphatic rings. The van der Waals surface area contributed by atoms with E-state index in [0.717, 1.165) is 25.7 Å². The maximum absolute atomic E-state index is 12.2. The highest BCUT2D eigenvalue weighted by Gasteiger charge is 2.36. The molecule has 5 heteroatoms. The molecule has 0 aromatic carbocycles. The average molecular weight is 258 g/mol. The molecule has 0 unspecified atom stereocenters. The fourth-order valence-electron chi connectivity index (χ4n) is 2.52. The summed E-state index contributed by atoms with van der Waals surface area (Å²) in [6.07, 6.45) is 6.38. The number of aliphatic hydroxyl groups is 1. The van der Waals surface area contributed by atoms with Gasteiger partial charge in [-0.3, -0.25) is 4.79 Å². The van der Waals surface area contributed by atoms with Crippen LogP contribution >= 0.6 is 0 Å². The molecule has 0 aromatic heterocycles. The van der Waals surface area contributed by atoms with Crippen molar-refractivity contribution in [3.63, 3.8) is 0 Å². The van der Waals surface area contributed by atoms with Gasteiger partial charge in [0.2, 0.25) is 5.91 Å². The van der Waals surface area contributed by atoms with Gasteiger partial charge in [-0.2, -0.15) is 0 Å². The van der Waals surface area contributed by atoms with E-state index in [1.54, 1.807) is 0 Å². The van der Waals surface area contributed by atoms with Gasteiger partial charge >= 0.3 is 0 Å². The lowest BCUT2D eigenvalue weighted by Crippen LogP contribution is -2.46. The molecule has 0 aromatic rings. The molecule has 1 fully saturated rings. The molecule has 1 aliphatic carbocycles. The van der Waals surface area contributed by atoms with Crippen molar-refractivity contribution in [3.05, 3.63) is 0 Å². The van der Waals surface area contributed by atoms with Crippen LogP contribution in [0.2, 0.25) is 0 Å². The largest absolute Gasteiger partial charge is 0.394 e. The van der Waals surface area contributed by atoms with E-state index in [-0.39, 0.29) is 17.9 Å². The van der Waals surface area contributed by atoms with Crippen LogP contribution in [0.1, 0.15) is 38.5 Å². The number of nitrogens with two attached hydrogens (primary N) is 1. The number of nitrogens with one attached hydrogen (secondary N) is 1. The van der Waals surface area contributed by atoms with E-state index in [1.165, 1.54) is 12.8 Å². The first-order valence-corrected chi connectivity index (χ1v) is 6.92. The van der Waals surface area contributed by atoms with Gasteiger partial charge in [-0.05, 0) is 12.8 Å². The van der Waals surface area contributed by atoms with E-state index in [4.69, 9.17) is 15.6 Å². The fourth-order valence-corrected chi connectivity index (χ4v) is 2.52. The van der Waals surface area contributed by atoms with Gasteiger partial charge in [0.25, 0.3) is 0 Å². The number of hydrogen-bond acceptors (Lipinski definition) is 4. The molecule has 4 N–H and O–H groups in total. The summed E-state index contributed by atoms with van der Waals surface area (Å²) in [5.74, 6) is 0.0690. The highest BCUT2D eigenvalue weighted by atomic mass is 16.5. The summed E-state index contributed by atoms with van der Waals surface area (Å²) in [6.45, 7) is 1.68. The van der Waals surface area contributed by atoms with Crippen molar-refractivity contribution in [2.75, 3.05) is 32.9 Å². The van der Waals surface area contributed by atoms with Gasteiger partial charge in [0.15, 0.2) is 0 Å². The van der Waals surface area contributed by atoms with E-state index < -0.39 is 0 Å². The zero-order chi connectivity index (χ0) is 13.3. The third kappa shape index (κ3) is 4.55. The normalized spacial score (nSPS) is 19.2. The van der Waals surface area contributed by atoms with Gasteiger partial charge in [0.05, 0.1) is 25.2 Å². The summed E-state index contributed by atoms with van der Waals surface area (Å²) >= 11 is 0. The summed E-state index contributed by atoms with van der Waals surface area (Å²) in [6, 6.07) is 0. The molecular formula is C13H26N2O3. The van der Waals surface area contributed by atoms with Gasteiger partial charge in [0, 0.05) is 13.1 Å². The summed E-state index contributed by atoms with van der Waals surface area (Å²) in [5.41, 5.74) is 5.47. The van der Waals surface area contributed by atoms with E-state index in [1.807, 2.05) is 0 Å². The summed E-state index contributed by atoms with van der Waals surface area (Å²) < 4.78 is 5.12. The lowest BCUT2D eigenvalue weighted by Gasteiger charge is -2.29. The van der Waals surface area contributed by atoms with Crippen molar-refractivity contribution >= 4 is 5.91 Å². The highest BCUT2D eigenvalue weighted by Crippen LogP contribution is 2.34. The lowest BCUT2D eigenvalue weighted by atomic mass is 9.79. The van der Waals surface area contributed by atoms with Crippen molar-refractivity contribution in [3.8, 4) is 0 Å². The first-order valence-electron chi connectivity index (χ1n) is 6.92. The first kappa shape index (κ1) is 15.4. The molecule has 1 rings (SSSR count). The maximum atomic E-state index is 12.2. The predicted octanol–water partition coefficient (Wildman–Crippen LogP) is 0.411. The van der Waals surface area contributed by atoms with Crippen LogP contribution in [0.4, 0.5) is 0 Å². The molecule has 1 amide bonds. The molecule has 18 heavy (non-hydrogen) atoms. The van der Waals surface area contributed by atoms with Crippen LogP contribution in [-0.2, 0) is 9.53 Å². The minimum absolute atomic E-state index is 0.0146. The summed E-state index contributed by atoms with van der Waals surface area (Å²) in [4.78, 5) is 12.2. The highest BCUT2D eigenvalue weighted by molar-refractivity contribution is 5.82. The van der Waals surface area contributed by atoms with Crippen LogP contribution in [0, 0.1) is 5.41 Å². The molecule has 0 heterocycles. The zero-order valence-electron chi connectivity index (χ0n) is 11.1. The van der Waals surface area contributed by atoms with Crippen LogP contribution in [0.25, 0.3) is 0 Å². The Kier molecular flexibility index (Phi) is 7.23. The third-order valence-corrected chi connectivity index (χ3v) is 3.70. The minimum Gasteiger partial charge on any atom is -0.394 e. The number of rotatable bonds is 7. The molecule has 106 valence electrons. The SMILES string of the molecule is NCC1(C(=O)NCCOCCO)CCCCCC1. The topological polar surface area (TPSA) is 84.6 Å². The first-order chi connectivity index (χ1) is 8.75. The lowest BCUT2D eigenvalue weighted by molar-refractivity contribution is -0.131. The van der Waals surface area contributed by atoms with Gasteiger partial charge in [0.1, 0.15) is 0 Å². The van der Waals surface area contributed by atoms with Crippen molar-refractivity contribution in [1.29, 1.82) is 0 Å². The number of aliphatic hydroxyl groups excluding tert-OH is 1. The Hall–Kier alpha value is -0.650. The van der Waals surface area contributed by atoms with Crippen LogP contribution < -0.4 is 11.1 Å².